The van der Waals surface area contributed by atoms with Crippen LogP contribution < -0.4 is 10.6 Å². The number of fused-ring (bicyclic) bond motifs is 1. The van der Waals surface area contributed by atoms with Crippen molar-refractivity contribution in [2.45, 2.75) is 25.8 Å². The number of hydrogen-bond acceptors (Lipinski definition) is 5. The first-order chi connectivity index (χ1) is 9.76. The quantitative estimate of drug-likeness (QED) is 0.893. The summed E-state index contributed by atoms with van der Waals surface area (Å²) in [5, 5.41) is 6.69. The fourth-order valence-corrected chi connectivity index (χ4v) is 3.73. The second-order valence-corrected chi connectivity index (χ2v) is 6.63. The Balaban J connectivity index is 1.85. The fraction of sp³-hybridized carbons (Fsp3) is 0.538. The lowest BCUT2D eigenvalue weighted by Crippen LogP contribution is -2.30. The predicted molar refractivity (Wildman–Crippen MR) is 81.7 cm³/mol. The molecule has 0 bridgehead atoms. The highest BCUT2D eigenvalue weighted by molar-refractivity contribution is 7.85. The van der Waals surface area contributed by atoms with Gasteiger partial charge in [0.15, 0.2) is 11.5 Å². The summed E-state index contributed by atoms with van der Waals surface area (Å²) in [5.41, 5.74) is 0.832. The second-order valence-electron chi connectivity index (χ2n) is 4.93. The van der Waals surface area contributed by atoms with E-state index in [9.17, 15) is 4.21 Å². The Bertz CT molecular complexity index is 616. The van der Waals surface area contributed by atoms with E-state index >= 15 is 0 Å². The molecule has 2 N–H and O–H groups in total. The molecule has 20 heavy (non-hydrogen) atoms. The smallest absolute Gasteiger partial charge is 0.180 e. The molecule has 1 saturated heterocycles. The van der Waals surface area contributed by atoms with E-state index in [4.69, 9.17) is 0 Å². The van der Waals surface area contributed by atoms with Gasteiger partial charge in [-0.25, -0.2) is 9.97 Å². The van der Waals surface area contributed by atoms with Gasteiger partial charge in [0.2, 0.25) is 0 Å². The van der Waals surface area contributed by atoms with Crippen molar-refractivity contribution >= 4 is 28.1 Å². The molecule has 1 aliphatic heterocycles. The molecule has 0 radical (unpaired) electrons. The van der Waals surface area contributed by atoms with Crippen molar-refractivity contribution in [3.8, 4) is 0 Å². The monoisotopic (exact) mass is 293 g/mol. The highest BCUT2D eigenvalue weighted by Crippen LogP contribution is 2.20. The van der Waals surface area contributed by atoms with Crippen LogP contribution in [-0.4, -0.2) is 42.7 Å². The SMILES string of the molecule is CCNc1cn2ccnc2c(NC2CCS(=O)CC2)n1. The summed E-state index contributed by atoms with van der Waals surface area (Å²) in [4.78, 5) is 8.95. The summed E-state index contributed by atoms with van der Waals surface area (Å²) >= 11 is 0. The van der Waals surface area contributed by atoms with Gasteiger partial charge in [0.25, 0.3) is 0 Å². The lowest BCUT2D eigenvalue weighted by molar-refractivity contribution is 0.622. The standard InChI is InChI=1S/C13H19N5OS/c1-2-14-11-9-18-6-5-15-13(18)12(17-11)16-10-3-7-20(19)8-4-10/h5-6,9-10,14H,2-4,7-8H2,1H3,(H,16,17). The van der Waals surface area contributed by atoms with Crippen LogP contribution in [0.25, 0.3) is 5.65 Å². The number of rotatable bonds is 4. The summed E-state index contributed by atoms with van der Waals surface area (Å²) in [7, 11) is -0.639. The molecule has 3 heterocycles. The zero-order valence-electron chi connectivity index (χ0n) is 11.5. The number of nitrogens with zero attached hydrogens (tertiary/aromatic N) is 3. The third-order valence-electron chi connectivity index (χ3n) is 3.46. The summed E-state index contributed by atoms with van der Waals surface area (Å²) in [6.07, 6.45) is 7.47. The molecule has 0 aromatic carbocycles. The fourth-order valence-electron chi connectivity index (χ4n) is 2.43. The van der Waals surface area contributed by atoms with E-state index in [0.29, 0.717) is 6.04 Å². The number of aromatic nitrogens is 3. The van der Waals surface area contributed by atoms with Gasteiger partial charge in [-0.15, -0.1) is 0 Å². The van der Waals surface area contributed by atoms with Crippen LogP contribution >= 0.6 is 0 Å². The van der Waals surface area contributed by atoms with Gasteiger partial charge in [-0.2, -0.15) is 0 Å². The van der Waals surface area contributed by atoms with E-state index in [-0.39, 0.29) is 0 Å². The van der Waals surface area contributed by atoms with Gasteiger partial charge in [-0.1, -0.05) is 0 Å². The molecule has 1 fully saturated rings. The average Bonchev–Trinajstić information content (AvgIpc) is 2.90. The molecule has 3 rings (SSSR count). The summed E-state index contributed by atoms with van der Waals surface area (Å²) in [6.45, 7) is 2.87. The topological polar surface area (TPSA) is 71.3 Å². The van der Waals surface area contributed by atoms with Crippen LogP contribution in [0.3, 0.4) is 0 Å². The molecule has 2 aromatic heterocycles. The van der Waals surface area contributed by atoms with Gasteiger partial charge in [0.1, 0.15) is 5.82 Å². The van der Waals surface area contributed by atoms with Gasteiger partial charge in [-0.05, 0) is 19.8 Å². The first-order valence-electron chi connectivity index (χ1n) is 6.95. The lowest BCUT2D eigenvalue weighted by Gasteiger charge is -2.23. The molecule has 0 aliphatic carbocycles. The Morgan fingerprint density at radius 1 is 1.45 bits per heavy atom. The van der Waals surface area contributed by atoms with Crippen LogP contribution in [0, 0.1) is 0 Å². The predicted octanol–water partition coefficient (Wildman–Crippen LogP) is 1.48. The summed E-state index contributed by atoms with van der Waals surface area (Å²) in [6, 6.07) is 0.331. The molecule has 108 valence electrons. The maximum Gasteiger partial charge on any atom is 0.180 e. The van der Waals surface area contributed by atoms with Gasteiger partial charge < -0.3 is 15.0 Å². The highest BCUT2D eigenvalue weighted by Gasteiger charge is 2.19. The molecule has 1 aliphatic rings. The van der Waals surface area contributed by atoms with E-state index in [2.05, 4.69) is 20.6 Å². The molecule has 0 atom stereocenters. The van der Waals surface area contributed by atoms with Crippen molar-refractivity contribution in [1.82, 2.24) is 14.4 Å². The van der Waals surface area contributed by atoms with Crippen molar-refractivity contribution < 1.29 is 4.21 Å². The molecule has 0 amide bonds. The third kappa shape index (κ3) is 2.77. The number of imidazole rings is 1. The third-order valence-corrected chi connectivity index (χ3v) is 4.84. The van der Waals surface area contributed by atoms with Gasteiger partial charge in [-0.3, -0.25) is 4.21 Å². The lowest BCUT2D eigenvalue weighted by atomic mass is 10.1. The molecule has 2 aromatic rings. The van der Waals surface area contributed by atoms with Crippen molar-refractivity contribution in [2.24, 2.45) is 0 Å². The number of anilines is 2. The van der Waals surface area contributed by atoms with E-state index in [1.54, 1.807) is 6.20 Å². The Labute approximate surface area is 120 Å². The van der Waals surface area contributed by atoms with Crippen LogP contribution in [-0.2, 0) is 10.8 Å². The first-order valence-corrected chi connectivity index (χ1v) is 8.44. The zero-order chi connectivity index (χ0) is 13.9. The largest absolute Gasteiger partial charge is 0.369 e. The summed E-state index contributed by atoms with van der Waals surface area (Å²) < 4.78 is 13.4. The molecule has 0 saturated carbocycles. The van der Waals surface area contributed by atoms with Gasteiger partial charge in [0.05, 0.1) is 6.20 Å². The van der Waals surface area contributed by atoms with Gasteiger partial charge >= 0.3 is 0 Å². The normalized spacial score (nSPS) is 22.9. The van der Waals surface area contributed by atoms with Crippen LogP contribution in [0.4, 0.5) is 11.6 Å². The van der Waals surface area contributed by atoms with Crippen LogP contribution in [0.1, 0.15) is 19.8 Å². The van der Waals surface area contributed by atoms with Crippen LogP contribution in [0.15, 0.2) is 18.6 Å². The molecule has 0 unspecified atom stereocenters. The van der Waals surface area contributed by atoms with E-state index in [1.165, 1.54) is 0 Å². The second kappa shape index (κ2) is 5.78. The van der Waals surface area contributed by atoms with E-state index < -0.39 is 10.8 Å². The Kier molecular flexibility index (Phi) is 3.86. The first kappa shape index (κ1) is 13.4. The van der Waals surface area contributed by atoms with E-state index in [1.807, 2.05) is 23.7 Å². The molecule has 0 spiro atoms. The number of hydrogen-bond donors (Lipinski definition) is 2. The van der Waals surface area contributed by atoms with Crippen molar-refractivity contribution in [3.63, 3.8) is 0 Å². The van der Waals surface area contributed by atoms with Crippen LogP contribution in [0.2, 0.25) is 0 Å². The molecule has 7 heteroatoms. The Hall–Kier alpha value is -1.63. The number of nitrogens with one attached hydrogen (secondary N) is 2. The molecule has 6 nitrogen and oxygen atoms in total. The maximum atomic E-state index is 11.4. The average molecular weight is 293 g/mol. The molecular weight excluding hydrogens is 274 g/mol. The van der Waals surface area contributed by atoms with Crippen molar-refractivity contribution in [2.75, 3.05) is 28.7 Å². The van der Waals surface area contributed by atoms with E-state index in [0.717, 1.165) is 48.2 Å². The Morgan fingerprint density at radius 3 is 3.00 bits per heavy atom. The van der Waals surface area contributed by atoms with Crippen LogP contribution in [0.5, 0.6) is 0 Å². The molecular formula is C13H19N5OS. The Morgan fingerprint density at radius 2 is 2.25 bits per heavy atom. The van der Waals surface area contributed by atoms with Gasteiger partial charge in [0, 0.05) is 47.3 Å². The minimum absolute atomic E-state index is 0.331. The minimum Gasteiger partial charge on any atom is -0.369 e. The maximum absolute atomic E-state index is 11.4. The minimum atomic E-state index is -0.639. The zero-order valence-corrected chi connectivity index (χ0v) is 12.3. The highest BCUT2D eigenvalue weighted by atomic mass is 32.2. The van der Waals surface area contributed by atoms with Crippen molar-refractivity contribution in [1.29, 1.82) is 0 Å². The summed E-state index contributed by atoms with van der Waals surface area (Å²) in [5.74, 6) is 3.18. The van der Waals surface area contributed by atoms with Crippen molar-refractivity contribution in [3.05, 3.63) is 18.6 Å².